The first-order valence-electron chi connectivity index (χ1n) is 18.0. The quantitative estimate of drug-likeness (QED) is 0.0737. The van der Waals surface area contributed by atoms with Crippen LogP contribution >= 0.6 is 0 Å². The Morgan fingerprint density at radius 3 is 2.02 bits per heavy atom. The van der Waals surface area contributed by atoms with Gasteiger partial charge in [-0.1, -0.05) is 112 Å². The van der Waals surface area contributed by atoms with Crippen molar-refractivity contribution in [1.29, 1.82) is 0 Å². The van der Waals surface area contributed by atoms with Gasteiger partial charge in [0.1, 0.15) is 5.75 Å². The van der Waals surface area contributed by atoms with Crippen molar-refractivity contribution in [2.45, 2.75) is 65.7 Å². The third-order valence-electron chi connectivity index (χ3n) is 9.95. The summed E-state index contributed by atoms with van der Waals surface area (Å²) >= 11 is 0. The van der Waals surface area contributed by atoms with E-state index in [0.29, 0.717) is 23.5 Å². The van der Waals surface area contributed by atoms with Crippen molar-refractivity contribution < 1.29 is 34.3 Å². The summed E-state index contributed by atoms with van der Waals surface area (Å²) in [4.78, 5) is 0. The van der Waals surface area contributed by atoms with Crippen LogP contribution in [0.3, 0.4) is 0 Å². The molecule has 4 N–H and O–H groups in total. The van der Waals surface area contributed by atoms with Crippen molar-refractivity contribution >= 4 is 25.2 Å². The van der Waals surface area contributed by atoms with E-state index < -0.39 is 19.7 Å². The Hall–Kier alpha value is -3.43. The maximum Gasteiger partial charge on any atom is 0.491 e. The van der Waals surface area contributed by atoms with Crippen LogP contribution in [-0.2, 0) is 14.8 Å². The normalized spacial score (nSPS) is 15.6. The Bertz CT molecular complexity index is 1710. The van der Waals surface area contributed by atoms with Crippen molar-refractivity contribution in [2.24, 2.45) is 11.8 Å². The number of aliphatic hydroxyl groups is 1. The fourth-order valence-corrected chi connectivity index (χ4v) is 7.25. The molecule has 9 heteroatoms. The number of rotatable bonds is 18. The summed E-state index contributed by atoms with van der Waals surface area (Å²) < 4.78 is 17.3. The highest BCUT2D eigenvalue weighted by Crippen LogP contribution is 2.56. The average molecular weight is 678 g/mol. The summed E-state index contributed by atoms with van der Waals surface area (Å²) in [5.74, 6) is 2.14. The molecule has 0 aliphatic heterocycles. The van der Waals surface area contributed by atoms with Gasteiger partial charge in [0, 0.05) is 0 Å². The molecule has 5 rings (SSSR count). The number of aliphatic hydroxyl groups excluding tert-OH is 1. The van der Waals surface area contributed by atoms with E-state index in [1.54, 1.807) is 6.07 Å². The van der Waals surface area contributed by atoms with Crippen LogP contribution in [0, 0.1) is 25.7 Å². The van der Waals surface area contributed by atoms with Crippen molar-refractivity contribution in [3.63, 3.8) is 0 Å². The fraction of sp³-hybridized carbons (Fsp3) is 0.415. The summed E-state index contributed by atoms with van der Waals surface area (Å²) in [5, 5.41) is 40.8. The van der Waals surface area contributed by atoms with Crippen LogP contribution < -0.4 is 15.7 Å². The third kappa shape index (κ3) is 8.37. The number of aryl methyl sites for hydroxylation is 2. The highest BCUT2D eigenvalue weighted by molar-refractivity contribution is 6.60. The molecule has 0 fully saturated rings. The molecule has 7 nitrogen and oxygen atoms in total. The van der Waals surface area contributed by atoms with E-state index in [-0.39, 0.29) is 26.4 Å². The number of ether oxygens (including phenoxy) is 2. The highest BCUT2D eigenvalue weighted by Gasteiger charge is 2.48. The molecule has 2 unspecified atom stereocenters. The van der Waals surface area contributed by atoms with Gasteiger partial charge in [-0.15, -0.1) is 0 Å². The Labute approximate surface area is 298 Å². The van der Waals surface area contributed by atoms with Crippen LogP contribution in [-0.4, -0.2) is 67.4 Å². The third-order valence-corrected chi connectivity index (χ3v) is 9.95. The molecule has 0 radical (unpaired) electrons. The van der Waals surface area contributed by atoms with Crippen molar-refractivity contribution in [3.05, 3.63) is 112 Å². The molecule has 0 heterocycles. The average Bonchev–Trinajstić information content (AvgIpc) is 3.39. The molecule has 0 saturated carbocycles. The van der Waals surface area contributed by atoms with Gasteiger partial charge in [0.05, 0.1) is 38.4 Å². The van der Waals surface area contributed by atoms with Gasteiger partial charge in [0.25, 0.3) is 0 Å². The minimum Gasteiger partial charge on any atom is -0.494 e. The molecule has 1 aliphatic rings. The van der Waals surface area contributed by atoms with Gasteiger partial charge < -0.3 is 34.3 Å². The van der Waals surface area contributed by atoms with Gasteiger partial charge in [-0.05, 0) is 94.1 Å². The molecular formula is C41H52B2O7. The summed E-state index contributed by atoms with van der Waals surface area (Å²) in [5.41, 5.74) is 8.26. The van der Waals surface area contributed by atoms with Crippen molar-refractivity contribution in [1.82, 2.24) is 0 Å². The van der Waals surface area contributed by atoms with E-state index in [1.165, 1.54) is 19.3 Å². The van der Waals surface area contributed by atoms with E-state index in [0.717, 1.165) is 62.6 Å². The first-order valence-corrected chi connectivity index (χ1v) is 18.0. The lowest BCUT2D eigenvalue weighted by molar-refractivity contribution is 0.0667. The second kappa shape index (κ2) is 17.2. The summed E-state index contributed by atoms with van der Waals surface area (Å²) in [7, 11) is -2.83. The van der Waals surface area contributed by atoms with Crippen molar-refractivity contribution in [2.75, 3.05) is 33.0 Å². The number of hydrogen-bond donors (Lipinski definition) is 4. The van der Waals surface area contributed by atoms with Crippen LogP contribution in [0.25, 0.3) is 11.1 Å². The van der Waals surface area contributed by atoms with Gasteiger partial charge in [-0.2, -0.15) is 0 Å². The monoisotopic (exact) mass is 678 g/mol. The maximum absolute atomic E-state index is 11.2. The van der Waals surface area contributed by atoms with E-state index >= 15 is 0 Å². The number of benzene rings is 4. The lowest BCUT2D eigenvalue weighted by atomic mass is 9.64. The van der Waals surface area contributed by atoms with Gasteiger partial charge >= 0.3 is 14.2 Å². The second-order valence-corrected chi connectivity index (χ2v) is 14.2. The van der Waals surface area contributed by atoms with Crippen LogP contribution in [0.5, 0.6) is 5.75 Å². The second-order valence-electron chi connectivity index (χ2n) is 14.2. The van der Waals surface area contributed by atoms with Gasteiger partial charge in [0.15, 0.2) is 0 Å². The predicted molar refractivity (Wildman–Crippen MR) is 202 cm³/mol. The minimum atomic E-state index is -1.64. The number of fused-ring (bicyclic) bond motifs is 3. The lowest BCUT2D eigenvalue weighted by Crippen LogP contribution is -2.37. The predicted octanol–water partition coefficient (Wildman–Crippen LogP) is 5.29. The largest absolute Gasteiger partial charge is 0.494 e. The van der Waals surface area contributed by atoms with Crippen LogP contribution in [0.2, 0.25) is 0 Å². The van der Waals surface area contributed by atoms with Gasteiger partial charge in [0.2, 0.25) is 0 Å². The molecule has 0 spiro atoms. The molecule has 2 atom stereocenters. The summed E-state index contributed by atoms with van der Waals surface area (Å²) in [6.07, 6.45) is 4.71. The Morgan fingerprint density at radius 2 is 1.36 bits per heavy atom. The van der Waals surface area contributed by atoms with E-state index in [4.69, 9.17) is 19.2 Å². The zero-order valence-electron chi connectivity index (χ0n) is 30.2. The molecule has 0 amide bonds. The molecule has 0 bridgehead atoms. The molecule has 50 heavy (non-hydrogen) atoms. The van der Waals surface area contributed by atoms with Gasteiger partial charge in [-0.25, -0.2) is 0 Å². The van der Waals surface area contributed by atoms with Crippen molar-refractivity contribution in [3.8, 4) is 16.9 Å². The SMILES string of the molecule is Cc1ccc(C)c(C2(c3ccc(OCCC(C)CCCC(C)C)cc3)c3cc(B(O)O)ccc3-c3ccc(B(O)OCCOCCO)cc32)c1. The molecular weight excluding hydrogens is 626 g/mol. The topological polar surface area (TPSA) is 109 Å². The van der Waals surface area contributed by atoms with Crippen LogP contribution in [0.15, 0.2) is 78.9 Å². The number of hydrogen-bond acceptors (Lipinski definition) is 7. The van der Waals surface area contributed by atoms with E-state index in [2.05, 4.69) is 65.0 Å². The Balaban J connectivity index is 1.57. The zero-order chi connectivity index (χ0) is 35.8. The Morgan fingerprint density at radius 1 is 0.680 bits per heavy atom. The summed E-state index contributed by atoms with van der Waals surface area (Å²) in [6.45, 7) is 12.2. The summed E-state index contributed by atoms with van der Waals surface area (Å²) in [6, 6.07) is 26.2. The van der Waals surface area contributed by atoms with Crippen LogP contribution in [0.1, 0.15) is 79.8 Å². The molecule has 0 aromatic heterocycles. The standard InChI is InChI=1S/C41H52B2O7/c1-28(2)7-6-8-29(3)19-21-49-35-15-11-32(12-16-35)41(38-25-30(4)9-10-31(38)5)39-26-33(42(45)46)13-17-36(39)37-18-14-34(27-40(37)41)43(47)50-24-23-48-22-20-44/h9-18,25-29,44-47H,6-8,19-24H2,1-5H3. The van der Waals surface area contributed by atoms with E-state index in [9.17, 15) is 15.1 Å². The molecule has 4 aromatic carbocycles. The smallest absolute Gasteiger partial charge is 0.491 e. The minimum absolute atomic E-state index is 0.0751. The highest BCUT2D eigenvalue weighted by atomic mass is 16.5. The van der Waals surface area contributed by atoms with E-state index in [1.807, 2.05) is 42.5 Å². The fourth-order valence-electron chi connectivity index (χ4n) is 7.25. The van der Waals surface area contributed by atoms with Crippen LogP contribution in [0.4, 0.5) is 0 Å². The maximum atomic E-state index is 11.2. The molecule has 1 aliphatic carbocycles. The molecule has 4 aromatic rings. The van der Waals surface area contributed by atoms with Gasteiger partial charge in [-0.3, -0.25) is 0 Å². The first-order chi connectivity index (χ1) is 24.1. The lowest BCUT2D eigenvalue weighted by Gasteiger charge is -2.36. The Kier molecular flexibility index (Phi) is 13.0. The molecule has 264 valence electrons. The first kappa shape index (κ1) is 37.8. The zero-order valence-corrected chi connectivity index (χ0v) is 30.2. The molecule has 0 saturated heterocycles.